The highest BCUT2D eigenvalue weighted by Crippen LogP contribution is 2.50. The first-order valence-corrected chi connectivity index (χ1v) is 6.16. The normalized spacial score (nSPS) is 26.4. The zero-order valence-electron chi connectivity index (χ0n) is 9.18. The standard InChI is InChI=1S/C12H12N2OS/c1-7-13-11-9-5-3-4-6-10(9)14(8(2)15)12(11)16-7/h3-6,11-12H,1-2H3. The lowest BCUT2D eigenvalue weighted by molar-refractivity contribution is -0.116. The number of anilines is 1. The van der Waals surface area contributed by atoms with E-state index in [-0.39, 0.29) is 17.3 Å². The van der Waals surface area contributed by atoms with Gasteiger partial charge in [-0.3, -0.25) is 14.7 Å². The van der Waals surface area contributed by atoms with Gasteiger partial charge in [-0.2, -0.15) is 0 Å². The molecule has 2 aliphatic rings. The molecule has 0 N–H and O–H groups in total. The van der Waals surface area contributed by atoms with Crippen LogP contribution in [-0.4, -0.2) is 16.3 Å². The van der Waals surface area contributed by atoms with E-state index in [9.17, 15) is 4.79 Å². The monoisotopic (exact) mass is 232 g/mol. The highest BCUT2D eigenvalue weighted by atomic mass is 32.2. The quantitative estimate of drug-likeness (QED) is 0.688. The summed E-state index contributed by atoms with van der Waals surface area (Å²) in [6.07, 6.45) is 0. The fourth-order valence-corrected chi connectivity index (χ4v) is 3.62. The Kier molecular flexibility index (Phi) is 2.07. The lowest BCUT2D eigenvalue weighted by Gasteiger charge is -2.21. The second-order valence-electron chi connectivity index (χ2n) is 4.05. The van der Waals surface area contributed by atoms with Gasteiger partial charge in [-0.1, -0.05) is 30.0 Å². The number of rotatable bonds is 0. The topological polar surface area (TPSA) is 32.7 Å². The first kappa shape index (κ1) is 9.90. The third-order valence-corrected chi connectivity index (χ3v) is 4.15. The average molecular weight is 232 g/mol. The SMILES string of the molecule is CC(=O)N1c2ccccc2C2N=C(C)SC21. The van der Waals surface area contributed by atoms with Crippen molar-refractivity contribution in [1.29, 1.82) is 0 Å². The maximum absolute atomic E-state index is 11.7. The molecule has 82 valence electrons. The Morgan fingerprint density at radius 3 is 2.94 bits per heavy atom. The molecule has 3 rings (SSSR count). The van der Waals surface area contributed by atoms with Crippen LogP contribution in [0.4, 0.5) is 5.69 Å². The molecule has 2 atom stereocenters. The molecule has 1 aromatic carbocycles. The summed E-state index contributed by atoms with van der Waals surface area (Å²) in [4.78, 5) is 18.2. The van der Waals surface area contributed by atoms with E-state index in [0.717, 1.165) is 10.7 Å². The Balaban J connectivity index is 2.15. The van der Waals surface area contributed by atoms with Gasteiger partial charge in [0.05, 0.1) is 10.7 Å². The summed E-state index contributed by atoms with van der Waals surface area (Å²) in [5, 5.41) is 1.20. The first-order valence-electron chi connectivity index (χ1n) is 5.28. The van der Waals surface area contributed by atoms with Crippen LogP contribution in [0.1, 0.15) is 25.5 Å². The van der Waals surface area contributed by atoms with Gasteiger partial charge >= 0.3 is 0 Å². The molecule has 0 aliphatic carbocycles. The zero-order valence-corrected chi connectivity index (χ0v) is 9.99. The number of nitrogens with zero attached hydrogens (tertiary/aromatic N) is 2. The summed E-state index contributed by atoms with van der Waals surface area (Å²) in [7, 11) is 0. The lowest BCUT2D eigenvalue weighted by Crippen LogP contribution is -2.33. The van der Waals surface area contributed by atoms with Gasteiger partial charge in [0.25, 0.3) is 0 Å². The molecule has 0 spiro atoms. The van der Waals surface area contributed by atoms with Gasteiger partial charge < -0.3 is 0 Å². The molecule has 2 aliphatic heterocycles. The van der Waals surface area contributed by atoms with Crippen LogP contribution in [0, 0.1) is 0 Å². The van der Waals surface area contributed by atoms with E-state index in [0.29, 0.717) is 0 Å². The second-order valence-corrected chi connectivity index (χ2v) is 5.36. The van der Waals surface area contributed by atoms with Crippen LogP contribution in [-0.2, 0) is 4.79 Å². The second kappa shape index (κ2) is 3.35. The van der Waals surface area contributed by atoms with E-state index in [1.807, 2.05) is 30.0 Å². The number of amides is 1. The number of carbonyl (C=O) groups is 1. The number of benzene rings is 1. The van der Waals surface area contributed by atoms with Crippen LogP contribution >= 0.6 is 11.8 Å². The molecule has 1 aromatic rings. The van der Waals surface area contributed by atoms with Gasteiger partial charge in [0.2, 0.25) is 5.91 Å². The molecule has 0 bridgehead atoms. The molecule has 4 heteroatoms. The van der Waals surface area contributed by atoms with Gasteiger partial charge in [-0.15, -0.1) is 0 Å². The predicted molar refractivity (Wildman–Crippen MR) is 66.8 cm³/mol. The number of aliphatic imine (C=N–C) groups is 1. The first-order chi connectivity index (χ1) is 7.68. The van der Waals surface area contributed by atoms with Crippen molar-refractivity contribution in [3.8, 4) is 0 Å². The molecule has 0 radical (unpaired) electrons. The van der Waals surface area contributed by atoms with Crippen molar-refractivity contribution in [2.75, 3.05) is 4.90 Å². The molecule has 3 nitrogen and oxygen atoms in total. The van der Waals surface area contributed by atoms with E-state index in [1.54, 1.807) is 18.7 Å². The minimum absolute atomic E-state index is 0.0948. The van der Waals surface area contributed by atoms with Gasteiger partial charge in [-0.25, -0.2) is 0 Å². The Labute approximate surface area is 98.5 Å². The fourth-order valence-electron chi connectivity index (χ4n) is 2.39. The summed E-state index contributed by atoms with van der Waals surface area (Å²) >= 11 is 1.68. The summed E-state index contributed by atoms with van der Waals surface area (Å²) in [5.41, 5.74) is 2.20. The van der Waals surface area contributed by atoms with Crippen LogP contribution in [0.15, 0.2) is 29.3 Å². The highest BCUT2D eigenvalue weighted by molar-refractivity contribution is 8.14. The molecule has 0 aromatic heterocycles. The third-order valence-electron chi connectivity index (χ3n) is 2.99. The molecule has 1 amide bonds. The van der Waals surface area contributed by atoms with Crippen molar-refractivity contribution in [3.63, 3.8) is 0 Å². The van der Waals surface area contributed by atoms with Crippen LogP contribution in [0.25, 0.3) is 0 Å². The summed E-state index contributed by atoms with van der Waals surface area (Å²) in [5.74, 6) is 0.0948. The summed E-state index contributed by atoms with van der Waals surface area (Å²) in [6.45, 7) is 3.62. The molecule has 16 heavy (non-hydrogen) atoms. The number of hydrogen-bond donors (Lipinski definition) is 0. The van der Waals surface area contributed by atoms with Crippen molar-refractivity contribution in [3.05, 3.63) is 29.8 Å². The Hall–Kier alpha value is -1.29. The Morgan fingerprint density at radius 2 is 2.19 bits per heavy atom. The van der Waals surface area contributed by atoms with Crippen molar-refractivity contribution < 1.29 is 4.79 Å². The van der Waals surface area contributed by atoms with Crippen LogP contribution < -0.4 is 4.90 Å². The molecule has 2 heterocycles. The molecule has 0 fully saturated rings. The van der Waals surface area contributed by atoms with E-state index < -0.39 is 0 Å². The number of fused-ring (bicyclic) bond motifs is 3. The van der Waals surface area contributed by atoms with Crippen LogP contribution in [0.2, 0.25) is 0 Å². The van der Waals surface area contributed by atoms with Crippen molar-refractivity contribution in [1.82, 2.24) is 0 Å². The third kappa shape index (κ3) is 1.23. The van der Waals surface area contributed by atoms with Crippen molar-refractivity contribution in [2.45, 2.75) is 25.3 Å². The minimum Gasteiger partial charge on any atom is -0.297 e. The maximum Gasteiger partial charge on any atom is 0.224 e. The van der Waals surface area contributed by atoms with Crippen molar-refractivity contribution >= 4 is 28.4 Å². The number of thioether (sulfide) groups is 1. The van der Waals surface area contributed by atoms with Gasteiger partial charge in [0.15, 0.2) is 0 Å². The fraction of sp³-hybridized carbons (Fsp3) is 0.333. The maximum atomic E-state index is 11.7. The number of carbonyl (C=O) groups excluding carboxylic acids is 1. The molecular formula is C12H12N2OS. The lowest BCUT2D eigenvalue weighted by atomic mass is 10.1. The molecule has 2 unspecified atom stereocenters. The summed E-state index contributed by atoms with van der Waals surface area (Å²) < 4.78 is 0. The zero-order chi connectivity index (χ0) is 11.3. The molecular weight excluding hydrogens is 220 g/mol. The molecule has 0 saturated carbocycles. The van der Waals surface area contributed by atoms with E-state index in [4.69, 9.17) is 0 Å². The van der Waals surface area contributed by atoms with Gasteiger partial charge in [0, 0.05) is 12.5 Å². The Morgan fingerprint density at radius 1 is 1.44 bits per heavy atom. The van der Waals surface area contributed by atoms with Crippen LogP contribution in [0.5, 0.6) is 0 Å². The van der Waals surface area contributed by atoms with Gasteiger partial charge in [-0.05, 0) is 13.0 Å². The van der Waals surface area contributed by atoms with E-state index >= 15 is 0 Å². The average Bonchev–Trinajstić information content (AvgIpc) is 2.72. The minimum atomic E-state index is 0.0948. The van der Waals surface area contributed by atoms with Crippen molar-refractivity contribution in [2.24, 2.45) is 4.99 Å². The van der Waals surface area contributed by atoms with Gasteiger partial charge in [0.1, 0.15) is 11.4 Å². The predicted octanol–water partition coefficient (Wildman–Crippen LogP) is 2.59. The number of hydrogen-bond acceptors (Lipinski definition) is 3. The largest absolute Gasteiger partial charge is 0.297 e. The van der Waals surface area contributed by atoms with E-state index in [1.165, 1.54) is 5.56 Å². The highest BCUT2D eigenvalue weighted by Gasteiger charge is 2.44. The number of para-hydroxylation sites is 1. The Bertz CT molecular complexity index is 498. The smallest absolute Gasteiger partial charge is 0.224 e. The van der Waals surface area contributed by atoms with Crippen LogP contribution in [0.3, 0.4) is 0 Å². The van der Waals surface area contributed by atoms with E-state index in [2.05, 4.69) is 11.1 Å². The summed E-state index contributed by atoms with van der Waals surface area (Å²) in [6, 6.07) is 8.17. The molecule has 0 saturated heterocycles.